The van der Waals surface area contributed by atoms with Gasteiger partial charge in [0.25, 0.3) is 5.69 Å². The molecule has 0 aliphatic rings. The summed E-state index contributed by atoms with van der Waals surface area (Å²) in [5.41, 5.74) is -1.80. The van der Waals surface area contributed by atoms with Crippen LogP contribution in [0.3, 0.4) is 0 Å². The van der Waals surface area contributed by atoms with Crippen LogP contribution < -0.4 is 4.74 Å². The number of phenolic OH excluding ortho intramolecular Hbond substituents is 2. The van der Waals surface area contributed by atoms with Gasteiger partial charge in [0, 0.05) is 31.4 Å². The van der Waals surface area contributed by atoms with Crippen molar-refractivity contribution in [3.8, 4) is 17.2 Å². The predicted octanol–water partition coefficient (Wildman–Crippen LogP) is 5.03. The summed E-state index contributed by atoms with van der Waals surface area (Å²) in [6, 6.07) is 5.30. The molecule has 2 rings (SSSR count). The molecule has 2 N–H and O–H groups in total. The second-order valence-corrected chi connectivity index (χ2v) is 8.22. The number of esters is 2. The highest BCUT2D eigenvalue weighted by Gasteiger charge is 2.36. The lowest BCUT2D eigenvalue weighted by Crippen LogP contribution is -2.20. The Balaban J connectivity index is 2.72. The van der Waals surface area contributed by atoms with E-state index in [0.717, 1.165) is 0 Å². The van der Waals surface area contributed by atoms with Crippen molar-refractivity contribution in [2.24, 2.45) is 0 Å². The van der Waals surface area contributed by atoms with Crippen LogP contribution in [0.15, 0.2) is 24.3 Å². The molecule has 0 saturated carbocycles. The third-order valence-corrected chi connectivity index (χ3v) is 5.28. The number of non-ortho nitro benzene ring substituents is 1. The first-order valence-corrected chi connectivity index (χ1v) is 11.9. The first-order valence-electron chi connectivity index (χ1n) is 11.9. The summed E-state index contributed by atoms with van der Waals surface area (Å²) in [6.45, 7) is 4.60. The standard InChI is InChI=1S/C26H29NO10/c1-4-8-17(28)20-22(26(33)36-14-15-11-7-12-16(13-15)27(34)35)21(18(29)9-5-2)25(24(32)23(20)31)37-19(30)10-6-3/h7,11-13,31-32H,4-6,8-10,14H2,1-3H3. The highest BCUT2D eigenvalue weighted by atomic mass is 16.6. The summed E-state index contributed by atoms with van der Waals surface area (Å²) in [4.78, 5) is 62.1. The Bertz CT molecular complexity index is 1220. The first kappa shape index (κ1) is 29.0. The van der Waals surface area contributed by atoms with Crippen LogP contribution in [0.5, 0.6) is 17.2 Å². The van der Waals surface area contributed by atoms with Crippen molar-refractivity contribution in [1.29, 1.82) is 0 Å². The molecule has 0 atom stereocenters. The van der Waals surface area contributed by atoms with E-state index in [2.05, 4.69) is 0 Å². The topological polar surface area (TPSA) is 170 Å². The van der Waals surface area contributed by atoms with Gasteiger partial charge in [-0.2, -0.15) is 0 Å². The van der Waals surface area contributed by atoms with E-state index in [4.69, 9.17) is 9.47 Å². The summed E-state index contributed by atoms with van der Waals surface area (Å²) in [7, 11) is 0. The Morgan fingerprint density at radius 3 is 2.03 bits per heavy atom. The van der Waals surface area contributed by atoms with Gasteiger partial charge in [-0.1, -0.05) is 32.9 Å². The van der Waals surface area contributed by atoms with Gasteiger partial charge in [-0.15, -0.1) is 0 Å². The van der Waals surface area contributed by atoms with Crippen molar-refractivity contribution >= 4 is 29.2 Å². The number of nitrogens with zero attached hydrogens (tertiary/aromatic N) is 1. The molecule has 0 fully saturated rings. The average molecular weight is 516 g/mol. The minimum atomic E-state index is -1.21. The smallest absolute Gasteiger partial charge is 0.340 e. The Kier molecular flexibility index (Phi) is 10.3. The normalized spacial score (nSPS) is 10.6. The summed E-state index contributed by atoms with van der Waals surface area (Å²) in [5, 5.41) is 32.4. The monoisotopic (exact) mass is 515 g/mol. The van der Waals surface area contributed by atoms with Gasteiger partial charge in [-0.3, -0.25) is 24.5 Å². The average Bonchev–Trinajstić information content (AvgIpc) is 2.85. The summed E-state index contributed by atoms with van der Waals surface area (Å²) in [6.07, 6.45) is 0.694. The van der Waals surface area contributed by atoms with Crippen LogP contribution >= 0.6 is 0 Å². The number of nitro groups is 1. The molecule has 2 aromatic rings. The van der Waals surface area contributed by atoms with E-state index in [1.807, 2.05) is 0 Å². The number of benzene rings is 2. The van der Waals surface area contributed by atoms with Crippen LogP contribution in [-0.4, -0.2) is 38.6 Å². The number of aromatic hydroxyl groups is 2. The van der Waals surface area contributed by atoms with Gasteiger partial charge in [0.2, 0.25) is 5.75 Å². The predicted molar refractivity (Wildman–Crippen MR) is 131 cm³/mol. The number of carbonyl (C=O) groups is 4. The number of ketones is 2. The number of carbonyl (C=O) groups excluding carboxylic acids is 4. The lowest BCUT2D eigenvalue weighted by Gasteiger charge is -2.19. The van der Waals surface area contributed by atoms with Crippen LogP contribution in [0.1, 0.15) is 95.9 Å². The van der Waals surface area contributed by atoms with Crippen LogP contribution in [-0.2, 0) is 16.1 Å². The van der Waals surface area contributed by atoms with Gasteiger partial charge >= 0.3 is 11.9 Å². The minimum absolute atomic E-state index is 0.0787. The highest BCUT2D eigenvalue weighted by Crippen LogP contribution is 2.46. The molecule has 0 aromatic heterocycles. The number of nitro benzene ring substituents is 1. The molecule has 0 saturated heterocycles. The van der Waals surface area contributed by atoms with Gasteiger partial charge in [0.1, 0.15) is 6.61 Å². The number of ether oxygens (including phenoxy) is 2. The maximum absolute atomic E-state index is 13.3. The van der Waals surface area contributed by atoms with Crippen LogP contribution in [0.25, 0.3) is 0 Å². The summed E-state index contributed by atoms with van der Waals surface area (Å²) >= 11 is 0. The van der Waals surface area contributed by atoms with Gasteiger partial charge in [-0.05, 0) is 24.8 Å². The maximum atomic E-state index is 13.3. The molecule has 11 heteroatoms. The van der Waals surface area contributed by atoms with Gasteiger partial charge in [0.05, 0.1) is 21.6 Å². The van der Waals surface area contributed by atoms with Crippen molar-refractivity contribution < 1.29 is 43.8 Å². The molecule has 37 heavy (non-hydrogen) atoms. The molecule has 0 heterocycles. The molecule has 2 aromatic carbocycles. The fourth-order valence-electron chi connectivity index (χ4n) is 3.60. The SMILES string of the molecule is CCCC(=O)Oc1c(O)c(O)c(C(=O)CCC)c(C(=O)OCc2cccc([N+](=O)[O-])c2)c1C(=O)CCC. The van der Waals surface area contributed by atoms with Crippen molar-refractivity contribution in [3.63, 3.8) is 0 Å². The van der Waals surface area contributed by atoms with E-state index in [1.165, 1.54) is 24.3 Å². The number of rotatable bonds is 13. The van der Waals surface area contributed by atoms with Crippen LogP contribution in [0, 0.1) is 10.1 Å². The van der Waals surface area contributed by atoms with E-state index in [-0.39, 0.29) is 30.5 Å². The maximum Gasteiger partial charge on any atom is 0.340 e. The Morgan fingerprint density at radius 2 is 1.46 bits per heavy atom. The minimum Gasteiger partial charge on any atom is -0.504 e. The number of hydrogen-bond acceptors (Lipinski definition) is 10. The second kappa shape index (κ2) is 13.1. The molecular formula is C26H29NO10. The third-order valence-electron chi connectivity index (χ3n) is 5.28. The molecule has 0 radical (unpaired) electrons. The summed E-state index contributed by atoms with van der Waals surface area (Å²) in [5.74, 6) is -6.27. The van der Waals surface area contributed by atoms with Crippen molar-refractivity contribution in [2.45, 2.75) is 65.9 Å². The van der Waals surface area contributed by atoms with E-state index < -0.39 is 69.0 Å². The molecule has 0 aliphatic heterocycles. The van der Waals surface area contributed by atoms with Gasteiger partial charge in [-0.25, -0.2) is 4.79 Å². The highest BCUT2D eigenvalue weighted by molar-refractivity contribution is 6.17. The number of hydrogen-bond donors (Lipinski definition) is 2. The number of Topliss-reactive ketones (excluding diaryl/α,β-unsaturated/α-hetero) is 2. The Morgan fingerprint density at radius 1 is 0.865 bits per heavy atom. The Hall–Kier alpha value is -4.28. The van der Waals surface area contributed by atoms with Gasteiger partial charge in [0.15, 0.2) is 23.1 Å². The zero-order valence-electron chi connectivity index (χ0n) is 20.9. The molecule has 11 nitrogen and oxygen atoms in total. The molecule has 0 aliphatic carbocycles. The third kappa shape index (κ3) is 6.90. The Labute approximate surface area is 213 Å². The fourth-order valence-corrected chi connectivity index (χ4v) is 3.60. The van der Waals surface area contributed by atoms with Crippen molar-refractivity contribution in [2.75, 3.05) is 0 Å². The molecule has 0 amide bonds. The second-order valence-electron chi connectivity index (χ2n) is 8.22. The lowest BCUT2D eigenvalue weighted by atomic mass is 9.90. The van der Waals surface area contributed by atoms with Crippen molar-refractivity contribution in [1.82, 2.24) is 0 Å². The first-order chi connectivity index (χ1) is 17.6. The lowest BCUT2D eigenvalue weighted by molar-refractivity contribution is -0.384. The van der Waals surface area contributed by atoms with Crippen molar-refractivity contribution in [3.05, 3.63) is 56.6 Å². The van der Waals surface area contributed by atoms with Crippen LogP contribution in [0.4, 0.5) is 5.69 Å². The van der Waals surface area contributed by atoms with E-state index in [9.17, 15) is 39.5 Å². The molecule has 0 spiro atoms. The largest absolute Gasteiger partial charge is 0.504 e. The number of phenols is 2. The molecule has 0 unspecified atom stereocenters. The fraction of sp³-hybridized carbons (Fsp3) is 0.385. The molecular weight excluding hydrogens is 486 g/mol. The van der Waals surface area contributed by atoms with E-state index in [0.29, 0.717) is 19.3 Å². The van der Waals surface area contributed by atoms with E-state index in [1.54, 1.807) is 20.8 Å². The summed E-state index contributed by atoms with van der Waals surface area (Å²) < 4.78 is 10.5. The molecule has 198 valence electrons. The van der Waals surface area contributed by atoms with Crippen LogP contribution in [0.2, 0.25) is 0 Å². The van der Waals surface area contributed by atoms with Gasteiger partial charge < -0.3 is 19.7 Å². The zero-order valence-corrected chi connectivity index (χ0v) is 20.9. The quantitative estimate of drug-likeness (QED) is 0.0920. The zero-order chi connectivity index (χ0) is 27.7. The van der Waals surface area contributed by atoms with E-state index >= 15 is 0 Å². The molecule has 0 bridgehead atoms.